The van der Waals surface area contributed by atoms with Gasteiger partial charge in [-0.05, 0) is 119 Å². The van der Waals surface area contributed by atoms with E-state index in [1.54, 1.807) is 11.8 Å². The highest BCUT2D eigenvalue weighted by Gasteiger charge is 2.51. The normalized spacial score (nSPS) is 27.3. The maximum Gasteiger partial charge on any atom is 0.416 e. The van der Waals surface area contributed by atoms with Crippen LogP contribution in [0.2, 0.25) is 0 Å². The Labute approximate surface area is 570 Å². The number of piperidine rings is 1. The van der Waals surface area contributed by atoms with Crippen LogP contribution in [0.25, 0.3) is 0 Å². The second-order valence-electron chi connectivity index (χ2n) is 28.6. The van der Waals surface area contributed by atoms with Crippen molar-refractivity contribution in [1.29, 1.82) is 0 Å². The molecular formula is C70H107F3N12O12. The number of alkyl halides is 3. The van der Waals surface area contributed by atoms with E-state index in [1.807, 2.05) is 6.92 Å². The van der Waals surface area contributed by atoms with Crippen LogP contribution in [-0.4, -0.2) is 251 Å². The topological polar surface area (TPSA) is 270 Å². The van der Waals surface area contributed by atoms with Gasteiger partial charge in [-0.2, -0.15) is 13.2 Å². The van der Waals surface area contributed by atoms with Crippen molar-refractivity contribution in [2.45, 2.75) is 229 Å². The molecular weight excluding hydrogens is 1260 g/mol. The lowest BCUT2D eigenvalue weighted by Gasteiger charge is -2.43. The molecule has 8 atom stereocenters. The number of likely N-dealkylation sites (tertiary alicyclic amines) is 1. The van der Waals surface area contributed by atoms with E-state index < -0.39 is 162 Å². The lowest BCUT2D eigenvalue weighted by molar-refractivity contribution is -0.157. The number of rotatable bonds is 9. The Morgan fingerprint density at radius 3 is 1.79 bits per heavy atom. The van der Waals surface area contributed by atoms with Crippen molar-refractivity contribution in [2.24, 2.45) is 17.8 Å². The van der Waals surface area contributed by atoms with E-state index in [0.29, 0.717) is 70.0 Å². The zero-order valence-corrected chi connectivity index (χ0v) is 58.9. The number of fused-ring (bicyclic) bond motifs is 1. The Balaban J connectivity index is 1.26. The number of halogens is 3. The number of likely N-dealkylation sites (N-methyl/N-ethyl adjacent to an activating group) is 7. The minimum atomic E-state index is -4.61. The van der Waals surface area contributed by atoms with Crippen LogP contribution in [-0.2, 0) is 70.1 Å². The predicted molar refractivity (Wildman–Crippen MR) is 355 cm³/mol. The van der Waals surface area contributed by atoms with Gasteiger partial charge in [-0.25, -0.2) is 0 Å². The van der Waals surface area contributed by atoms with E-state index in [0.717, 1.165) is 89.5 Å². The molecule has 24 nitrogen and oxygen atoms in total. The molecule has 12 amide bonds. The smallest absolute Gasteiger partial charge is 0.343 e. The number of amides is 12. The van der Waals surface area contributed by atoms with Crippen LogP contribution in [0.15, 0.2) is 24.3 Å². The Bertz CT molecular complexity index is 2980. The fourth-order valence-corrected chi connectivity index (χ4v) is 15.1. The molecule has 3 N–H and O–H groups in total. The third kappa shape index (κ3) is 19.3. The summed E-state index contributed by atoms with van der Waals surface area (Å²) in [7, 11) is 9.96. The molecule has 3 heterocycles. The zero-order chi connectivity index (χ0) is 71.2. The van der Waals surface area contributed by atoms with Gasteiger partial charge in [0.25, 0.3) is 0 Å². The molecule has 1 aromatic carbocycles. The van der Waals surface area contributed by atoms with E-state index in [1.165, 1.54) is 88.0 Å². The predicted octanol–water partition coefficient (Wildman–Crippen LogP) is 4.74. The zero-order valence-electron chi connectivity index (χ0n) is 58.9. The van der Waals surface area contributed by atoms with Gasteiger partial charge in [-0.3, -0.25) is 57.5 Å². The number of aryl methyl sites for hydroxylation is 1. The molecule has 1 unspecified atom stereocenters. The Kier molecular flexibility index (Phi) is 27.3. The lowest BCUT2D eigenvalue weighted by atomic mass is 9.81. The van der Waals surface area contributed by atoms with Crippen LogP contribution >= 0.6 is 0 Å². The molecule has 540 valence electrons. The van der Waals surface area contributed by atoms with Gasteiger partial charge in [0.2, 0.25) is 70.9 Å². The van der Waals surface area contributed by atoms with Crippen molar-refractivity contribution >= 4 is 70.9 Å². The molecule has 0 bridgehead atoms. The second kappa shape index (κ2) is 34.4. The summed E-state index contributed by atoms with van der Waals surface area (Å²) >= 11 is 0. The number of hydrogen-bond donors (Lipinski definition) is 3. The van der Waals surface area contributed by atoms with Crippen molar-refractivity contribution < 1.29 is 70.7 Å². The molecule has 6 fully saturated rings. The summed E-state index contributed by atoms with van der Waals surface area (Å²) in [5, 5.41) is 8.68. The molecule has 3 aliphatic carbocycles. The SMILES string of the molecule is CC[C@H](C)[C@@H]1NC(=O)[C@H](C)N(C)C(=O)C[C@@H](C(=O)N2CCCCC2)N(C)C(=O)[C@H](C2CCCCC2)N(C)C(=O)C2(CCCC2)NC(=O)C2CCCN2C(=O)[C@H](CCc2ccc(C(F)(F)F)cc2)NC(=O)CN(C)C(=O)[C@H](CC2CCCCC2)N(C)C(=O)CN(C)C(=O)CN(C)C1=O. The molecule has 3 saturated carbocycles. The van der Waals surface area contributed by atoms with Gasteiger partial charge in [-0.1, -0.05) is 96.6 Å². The highest BCUT2D eigenvalue weighted by molar-refractivity contribution is 6.00. The van der Waals surface area contributed by atoms with Crippen LogP contribution in [0.4, 0.5) is 13.2 Å². The van der Waals surface area contributed by atoms with Gasteiger partial charge in [0.1, 0.15) is 47.8 Å². The van der Waals surface area contributed by atoms with Gasteiger partial charge in [0.05, 0.1) is 31.6 Å². The average Bonchev–Trinajstić information content (AvgIpc) is 1.76. The van der Waals surface area contributed by atoms with Crippen LogP contribution in [0.3, 0.4) is 0 Å². The van der Waals surface area contributed by atoms with Gasteiger partial charge < -0.3 is 60.0 Å². The standard InChI is InChI=1S/C70H107F3N12O12/c1-11-45(2)59-66(95)79(6)43-57(88)77(4)44-58(89)81(8)53(40-48-24-15-12-16-25-48)64(93)78(5)42-55(86)74-51(34-31-47-29-32-50(33-30-47)70(71,72)73)63(92)85-39-23-28-52(85)62(91)76-69(35-19-20-36-69)68(97)83(10)60(49-26-17-13-18-27-49)67(96)82(9)54(65(94)84-37-21-14-22-38-84)41-56(87)80(7)46(3)61(90)75-59/h29-30,32-33,45-46,48-49,51-54,59-60H,11-28,31,34-44H2,1-10H3,(H,74,86)(H,75,90)(H,76,91)/t45-,46-,51-,52?,53-,54-,59-,60-/m0/s1. The van der Waals surface area contributed by atoms with Gasteiger partial charge in [0.15, 0.2) is 0 Å². The van der Waals surface area contributed by atoms with E-state index in [-0.39, 0.29) is 56.9 Å². The summed E-state index contributed by atoms with van der Waals surface area (Å²) in [5.74, 6) is -8.44. The molecule has 3 aliphatic heterocycles. The number of nitrogens with zero attached hydrogens (tertiary/aromatic N) is 9. The highest BCUT2D eigenvalue weighted by Crippen LogP contribution is 2.37. The quantitative estimate of drug-likeness (QED) is 0.303. The lowest BCUT2D eigenvalue weighted by Crippen LogP contribution is -2.65. The maximum absolute atomic E-state index is 15.7. The third-order valence-corrected chi connectivity index (χ3v) is 21.8. The molecule has 27 heteroatoms. The minimum absolute atomic E-state index is 0.00471. The molecule has 1 aromatic rings. The van der Waals surface area contributed by atoms with Gasteiger partial charge >= 0.3 is 6.18 Å². The van der Waals surface area contributed by atoms with E-state index in [9.17, 15) is 51.5 Å². The maximum atomic E-state index is 15.7. The molecule has 7 rings (SSSR count). The van der Waals surface area contributed by atoms with Crippen LogP contribution in [0, 0.1) is 17.8 Å². The van der Waals surface area contributed by atoms with Crippen LogP contribution in [0.1, 0.15) is 180 Å². The van der Waals surface area contributed by atoms with Crippen LogP contribution < -0.4 is 16.0 Å². The monoisotopic (exact) mass is 1360 g/mol. The Morgan fingerprint density at radius 2 is 1.19 bits per heavy atom. The van der Waals surface area contributed by atoms with E-state index >= 15 is 19.2 Å². The highest BCUT2D eigenvalue weighted by atomic mass is 19.4. The van der Waals surface area contributed by atoms with Gasteiger partial charge in [0, 0.05) is 69.0 Å². The number of nitrogens with one attached hydrogen (secondary N) is 3. The third-order valence-electron chi connectivity index (χ3n) is 21.8. The van der Waals surface area contributed by atoms with Crippen LogP contribution in [0.5, 0.6) is 0 Å². The summed E-state index contributed by atoms with van der Waals surface area (Å²) in [6.45, 7) is 4.24. The fraction of sp³-hybridized carbons (Fsp3) is 0.743. The summed E-state index contributed by atoms with van der Waals surface area (Å²) in [6.07, 6.45) is 7.48. The molecule has 0 aromatic heterocycles. The summed E-state index contributed by atoms with van der Waals surface area (Å²) in [4.78, 5) is 189. The number of carbonyl (C=O) groups is 12. The number of hydrogen-bond acceptors (Lipinski definition) is 12. The van der Waals surface area contributed by atoms with E-state index in [4.69, 9.17) is 0 Å². The van der Waals surface area contributed by atoms with Crippen molar-refractivity contribution in [3.63, 3.8) is 0 Å². The Hall–Kier alpha value is -7.35. The summed E-state index contributed by atoms with van der Waals surface area (Å²) < 4.78 is 41.1. The van der Waals surface area contributed by atoms with E-state index in [2.05, 4.69) is 16.0 Å². The van der Waals surface area contributed by atoms with Crippen molar-refractivity contribution in [2.75, 3.05) is 88.6 Å². The van der Waals surface area contributed by atoms with Crippen molar-refractivity contribution in [3.8, 4) is 0 Å². The number of carbonyl (C=O) groups excluding carboxylic acids is 12. The summed E-state index contributed by atoms with van der Waals surface area (Å²) in [5.41, 5.74) is -2.01. The molecule has 3 saturated heterocycles. The largest absolute Gasteiger partial charge is 0.416 e. The molecule has 0 radical (unpaired) electrons. The average molecular weight is 1370 g/mol. The molecule has 6 aliphatic rings. The summed E-state index contributed by atoms with van der Waals surface area (Å²) in [6, 6.07) is -4.19. The number of benzene rings is 1. The molecule has 1 spiro atoms. The fourth-order valence-electron chi connectivity index (χ4n) is 15.1. The molecule has 97 heavy (non-hydrogen) atoms. The Morgan fingerprint density at radius 1 is 0.598 bits per heavy atom. The van der Waals surface area contributed by atoms with Crippen molar-refractivity contribution in [1.82, 2.24) is 60.0 Å². The van der Waals surface area contributed by atoms with Gasteiger partial charge in [-0.15, -0.1) is 0 Å². The first-order valence-corrected chi connectivity index (χ1v) is 35.4. The first-order chi connectivity index (χ1) is 45.9. The van der Waals surface area contributed by atoms with Crippen molar-refractivity contribution in [3.05, 3.63) is 35.4 Å². The second-order valence-corrected chi connectivity index (χ2v) is 28.6. The minimum Gasteiger partial charge on any atom is -0.343 e. The first kappa shape index (κ1) is 77.0. The first-order valence-electron chi connectivity index (χ1n) is 35.4.